The quantitative estimate of drug-likeness (QED) is 0.862. The molecule has 100 valence electrons. The minimum Gasteiger partial charge on any atom is -0.219 e. The van der Waals surface area contributed by atoms with Crippen molar-refractivity contribution >= 4 is 21.6 Å². The highest BCUT2D eigenvalue weighted by Gasteiger charge is 2.20. The molecule has 0 bridgehead atoms. The highest BCUT2D eigenvalue weighted by atomic mass is 32.2. The molecule has 0 aliphatic rings. The van der Waals surface area contributed by atoms with Crippen molar-refractivity contribution in [3.63, 3.8) is 0 Å². The Balaban J connectivity index is 2.53. The van der Waals surface area contributed by atoms with Gasteiger partial charge in [-0.3, -0.25) is 0 Å². The smallest absolute Gasteiger partial charge is 0.206 e. The number of sulfone groups is 1. The summed E-state index contributed by atoms with van der Waals surface area (Å²) in [6.07, 6.45) is 1.97. The summed E-state index contributed by atoms with van der Waals surface area (Å²) >= 11 is 1.62. The third-order valence-corrected chi connectivity index (χ3v) is 5.36. The molecule has 0 spiro atoms. The van der Waals surface area contributed by atoms with E-state index in [0.717, 1.165) is 11.1 Å². The van der Waals surface area contributed by atoms with Crippen LogP contribution in [0.25, 0.3) is 0 Å². The van der Waals surface area contributed by atoms with Crippen LogP contribution in [0.3, 0.4) is 0 Å². The van der Waals surface area contributed by atoms with Crippen molar-refractivity contribution in [3.8, 4) is 0 Å². The van der Waals surface area contributed by atoms with Crippen LogP contribution in [0.5, 0.6) is 0 Å². The van der Waals surface area contributed by atoms with Crippen LogP contribution in [0.1, 0.15) is 11.1 Å². The fourth-order valence-electron chi connectivity index (χ4n) is 1.89. The monoisotopic (exact) mass is 292 g/mol. The van der Waals surface area contributed by atoms with Crippen LogP contribution in [-0.4, -0.2) is 14.7 Å². The molecule has 19 heavy (non-hydrogen) atoms. The van der Waals surface area contributed by atoms with E-state index in [-0.39, 0.29) is 0 Å². The van der Waals surface area contributed by atoms with Gasteiger partial charge in [0.2, 0.25) is 9.84 Å². The summed E-state index contributed by atoms with van der Waals surface area (Å²) in [7, 11) is -3.42. The first kappa shape index (κ1) is 14.2. The van der Waals surface area contributed by atoms with Crippen molar-refractivity contribution in [3.05, 3.63) is 59.7 Å². The average Bonchev–Trinajstić information content (AvgIpc) is 2.40. The third-order valence-electron chi connectivity index (χ3n) is 2.89. The molecule has 0 N–H and O–H groups in total. The van der Waals surface area contributed by atoms with Gasteiger partial charge >= 0.3 is 0 Å². The maximum absolute atomic E-state index is 12.6. The molecule has 0 atom stereocenters. The molecule has 2 aromatic rings. The van der Waals surface area contributed by atoms with Crippen molar-refractivity contribution in [2.75, 3.05) is 6.26 Å². The molecule has 0 aliphatic carbocycles. The summed E-state index contributed by atoms with van der Waals surface area (Å²) in [5, 5.41) is 0. The van der Waals surface area contributed by atoms with Gasteiger partial charge in [0.25, 0.3) is 0 Å². The number of thioether (sulfide) groups is 1. The minimum absolute atomic E-state index is 0.353. The fraction of sp³-hybridized carbons (Fsp3) is 0.200. The molecule has 0 amide bonds. The Kier molecular flexibility index (Phi) is 4.32. The molecule has 0 heterocycles. The lowest BCUT2D eigenvalue weighted by molar-refractivity contribution is 0.595. The van der Waals surface area contributed by atoms with Gasteiger partial charge in [-0.1, -0.05) is 35.9 Å². The standard InChI is InChI=1S/C15H16O2S2/c1-12-7-9-14(10-8-12)19(16,17)15-6-4-3-5-13(15)11-18-2/h3-10H,11H2,1-2H3. The average molecular weight is 292 g/mol. The van der Waals surface area contributed by atoms with Crippen molar-refractivity contribution in [1.82, 2.24) is 0 Å². The van der Waals surface area contributed by atoms with Gasteiger partial charge in [-0.15, -0.1) is 0 Å². The molecule has 2 rings (SSSR count). The van der Waals surface area contributed by atoms with Crippen molar-refractivity contribution < 1.29 is 8.42 Å². The SMILES string of the molecule is CSCc1ccccc1S(=O)(=O)c1ccc(C)cc1. The predicted molar refractivity (Wildman–Crippen MR) is 80.3 cm³/mol. The second-order valence-corrected chi connectivity index (χ2v) is 7.14. The van der Waals surface area contributed by atoms with Gasteiger partial charge < -0.3 is 0 Å². The zero-order chi connectivity index (χ0) is 13.9. The van der Waals surface area contributed by atoms with Gasteiger partial charge in [-0.05, 0) is 36.9 Å². The number of benzene rings is 2. The Morgan fingerprint density at radius 2 is 1.63 bits per heavy atom. The first-order chi connectivity index (χ1) is 9.05. The second kappa shape index (κ2) is 5.80. The maximum Gasteiger partial charge on any atom is 0.206 e. The van der Waals surface area contributed by atoms with Crippen LogP contribution < -0.4 is 0 Å². The van der Waals surface area contributed by atoms with E-state index in [9.17, 15) is 8.42 Å². The van der Waals surface area contributed by atoms with E-state index in [2.05, 4.69) is 0 Å². The summed E-state index contributed by atoms with van der Waals surface area (Å²) in [6.45, 7) is 1.94. The van der Waals surface area contributed by atoms with Gasteiger partial charge in [0.1, 0.15) is 0 Å². The van der Waals surface area contributed by atoms with Crippen LogP contribution >= 0.6 is 11.8 Å². The van der Waals surface area contributed by atoms with E-state index in [4.69, 9.17) is 0 Å². The molecule has 0 radical (unpaired) electrons. The zero-order valence-electron chi connectivity index (χ0n) is 11.0. The molecule has 2 aromatic carbocycles. The Bertz CT molecular complexity index is 659. The van der Waals surface area contributed by atoms with Gasteiger partial charge in [-0.25, -0.2) is 8.42 Å². The lowest BCUT2D eigenvalue weighted by Crippen LogP contribution is -2.05. The second-order valence-electron chi connectivity index (χ2n) is 4.36. The Morgan fingerprint density at radius 1 is 1.00 bits per heavy atom. The molecule has 0 unspecified atom stereocenters. The van der Waals surface area contributed by atoms with Crippen molar-refractivity contribution in [1.29, 1.82) is 0 Å². The molecule has 2 nitrogen and oxygen atoms in total. The Morgan fingerprint density at radius 3 is 2.26 bits per heavy atom. The summed E-state index contributed by atoms with van der Waals surface area (Å²) in [6, 6.07) is 14.2. The third kappa shape index (κ3) is 3.01. The molecule has 0 saturated carbocycles. The molecule has 0 aliphatic heterocycles. The maximum atomic E-state index is 12.6. The summed E-state index contributed by atoms with van der Waals surface area (Å²) in [5.74, 6) is 0.696. The van der Waals surface area contributed by atoms with Crippen LogP contribution in [0.4, 0.5) is 0 Å². The van der Waals surface area contributed by atoms with E-state index in [1.165, 1.54) is 0 Å². The number of aryl methyl sites for hydroxylation is 1. The van der Waals surface area contributed by atoms with Crippen LogP contribution in [0.2, 0.25) is 0 Å². The molecule has 0 saturated heterocycles. The lowest BCUT2D eigenvalue weighted by atomic mass is 10.2. The molecule has 0 fully saturated rings. The van der Waals surface area contributed by atoms with E-state index >= 15 is 0 Å². The number of hydrogen-bond acceptors (Lipinski definition) is 3. The lowest BCUT2D eigenvalue weighted by Gasteiger charge is -2.10. The number of rotatable bonds is 4. The highest BCUT2D eigenvalue weighted by molar-refractivity contribution is 7.97. The highest BCUT2D eigenvalue weighted by Crippen LogP contribution is 2.26. The summed E-state index contributed by atoms with van der Waals surface area (Å²) in [4.78, 5) is 0.764. The van der Waals surface area contributed by atoms with E-state index < -0.39 is 9.84 Å². The zero-order valence-corrected chi connectivity index (χ0v) is 12.6. The molecule has 4 heteroatoms. The normalized spacial score (nSPS) is 11.5. The van der Waals surface area contributed by atoms with Crippen LogP contribution in [-0.2, 0) is 15.6 Å². The largest absolute Gasteiger partial charge is 0.219 e. The summed E-state index contributed by atoms with van der Waals surface area (Å²) in [5.41, 5.74) is 1.91. The predicted octanol–water partition coefficient (Wildman–Crippen LogP) is 3.69. The molecule has 0 aromatic heterocycles. The van der Waals surface area contributed by atoms with Gasteiger partial charge in [0, 0.05) is 5.75 Å². The first-order valence-corrected chi connectivity index (χ1v) is 8.82. The Hall–Kier alpha value is -1.26. The minimum atomic E-state index is -3.42. The van der Waals surface area contributed by atoms with Gasteiger partial charge in [-0.2, -0.15) is 11.8 Å². The first-order valence-electron chi connectivity index (χ1n) is 5.94. The van der Waals surface area contributed by atoms with Crippen LogP contribution in [0, 0.1) is 6.92 Å². The number of hydrogen-bond donors (Lipinski definition) is 0. The topological polar surface area (TPSA) is 34.1 Å². The molecular formula is C15H16O2S2. The van der Waals surface area contributed by atoms with E-state index in [1.807, 2.05) is 37.4 Å². The fourth-order valence-corrected chi connectivity index (χ4v) is 4.03. The Labute approximate surface area is 118 Å². The molecular weight excluding hydrogens is 276 g/mol. The summed E-state index contributed by atoms with van der Waals surface area (Å²) < 4.78 is 25.3. The van der Waals surface area contributed by atoms with Gasteiger partial charge in [0.05, 0.1) is 9.79 Å². The van der Waals surface area contributed by atoms with E-state index in [1.54, 1.807) is 36.0 Å². The van der Waals surface area contributed by atoms with E-state index in [0.29, 0.717) is 15.5 Å². The van der Waals surface area contributed by atoms with Gasteiger partial charge in [0.15, 0.2) is 0 Å². The van der Waals surface area contributed by atoms with Crippen LogP contribution in [0.15, 0.2) is 58.3 Å². The van der Waals surface area contributed by atoms with Crippen molar-refractivity contribution in [2.45, 2.75) is 22.5 Å². The van der Waals surface area contributed by atoms with Crippen molar-refractivity contribution in [2.24, 2.45) is 0 Å².